The first kappa shape index (κ1) is 18.9. The highest BCUT2D eigenvalue weighted by atomic mass is 16.2. The third kappa shape index (κ3) is 3.87. The molecular weight excluding hydrogens is 352 g/mol. The molecule has 6 nitrogen and oxygen atoms in total. The second kappa shape index (κ2) is 8.27. The second-order valence-electron chi connectivity index (χ2n) is 8.03. The fraction of sp³-hybridized carbons (Fsp3) is 0.500. The third-order valence-electron chi connectivity index (χ3n) is 6.10. The van der Waals surface area contributed by atoms with Crippen LogP contribution in [0.2, 0.25) is 0 Å². The van der Waals surface area contributed by atoms with Crippen LogP contribution in [0.1, 0.15) is 60.9 Å². The summed E-state index contributed by atoms with van der Waals surface area (Å²) in [5.74, 6) is -0.277. The Balaban J connectivity index is 1.48. The zero-order chi connectivity index (χ0) is 19.5. The first-order chi connectivity index (χ1) is 13.6. The highest BCUT2D eigenvalue weighted by Gasteiger charge is 2.34. The fourth-order valence-electron chi connectivity index (χ4n) is 4.29. The van der Waals surface area contributed by atoms with Gasteiger partial charge in [0, 0.05) is 30.5 Å². The largest absolute Gasteiger partial charge is 0.348 e. The highest BCUT2D eigenvalue weighted by molar-refractivity contribution is 5.95. The Morgan fingerprint density at radius 3 is 2.57 bits per heavy atom. The van der Waals surface area contributed by atoms with Crippen molar-refractivity contribution in [2.24, 2.45) is 0 Å². The van der Waals surface area contributed by atoms with Gasteiger partial charge in [0.15, 0.2) is 0 Å². The second-order valence-corrected chi connectivity index (χ2v) is 8.03. The first-order valence-electron chi connectivity index (χ1n) is 10.3. The summed E-state index contributed by atoms with van der Waals surface area (Å²) in [4.78, 5) is 30.0. The summed E-state index contributed by atoms with van der Waals surface area (Å²) in [6.45, 7) is 1.81. The van der Waals surface area contributed by atoms with Crippen molar-refractivity contribution in [1.82, 2.24) is 20.2 Å². The molecule has 0 aliphatic heterocycles. The van der Waals surface area contributed by atoms with E-state index >= 15 is 0 Å². The average Bonchev–Trinajstić information content (AvgIpc) is 2.71. The molecule has 2 heterocycles. The number of carbonyl (C=O) groups is 1. The Labute approximate surface area is 165 Å². The number of pyridine rings is 2. The van der Waals surface area contributed by atoms with Crippen molar-refractivity contribution in [1.29, 1.82) is 0 Å². The van der Waals surface area contributed by atoms with Crippen LogP contribution in [0.4, 0.5) is 0 Å². The number of nitrogens with zero attached hydrogens (tertiary/aromatic N) is 2. The minimum Gasteiger partial charge on any atom is -0.348 e. The van der Waals surface area contributed by atoms with E-state index < -0.39 is 0 Å². The Hall–Kier alpha value is -2.47. The van der Waals surface area contributed by atoms with Crippen molar-refractivity contribution >= 4 is 5.91 Å². The van der Waals surface area contributed by atoms with E-state index in [2.05, 4.69) is 15.6 Å². The molecule has 2 saturated carbocycles. The molecule has 1 amide bonds. The Morgan fingerprint density at radius 1 is 1.11 bits per heavy atom. The summed E-state index contributed by atoms with van der Waals surface area (Å²) in [6, 6.07) is 6.37. The van der Waals surface area contributed by atoms with Crippen LogP contribution in [0, 0.1) is 6.92 Å². The van der Waals surface area contributed by atoms with Gasteiger partial charge >= 0.3 is 0 Å². The van der Waals surface area contributed by atoms with Crippen LogP contribution in [0.25, 0.3) is 5.69 Å². The Bertz CT molecular complexity index is 887. The molecule has 2 fully saturated rings. The number of amides is 1. The molecule has 2 aromatic heterocycles. The number of aromatic nitrogens is 2. The molecule has 28 heavy (non-hydrogen) atoms. The minimum atomic E-state index is -0.304. The molecule has 0 saturated heterocycles. The van der Waals surface area contributed by atoms with Gasteiger partial charge < -0.3 is 10.6 Å². The van der Waals surface area contributed by atoms with Crippen molar-refractivity contribution in [3.05, 3.63) is 58.3 Å². The zero-order valence-corrected chi connectivity index (χ0v) is 16.4. The van der Waals surface area contributed by atoms with Crippen LogP contribution in [-0.4, -0.2) is 33.6 Å². The summed E-state index contributed by atoms with van der Waals surface area (Å²) >= 11 is 0. The molecular formula is C22H28N4O2. The molecule has 148 valence electrons. The topological polar surface area (TPSA) is 76.0 Å². The van der Waals surface area contributed by atoms with Crippen LogP contribution in [0.5, 0.6) is 0 Å². The molecule has 2 aliphatic rings. The average molecular weight is 380 g/mol. The van der Waals surface area contributed by atoms with Crippen molar-refractivity contribution in [2.45, 2.75) is 70.0 Å². The number of hydrogen-bond donors (Lipinski definition) is 2. The maximum Gasteiger partial charge on any atom is 0.268 e. The molecule has 0 aromatic carbocycles. The van der Waals surface area contributed by atoms with Crippen LogP contribution in [0.15, 0.2) is 41.6 Å². The molecule has 0 unspecified atom stereocenters. The van der Waals surface area contributed by atoms with E-state index in [1.165, 1.54) is 36.7 Å². The van der Waals surface area contributed by atoms with E-state index in [1.807, 2.05) is 19.1 Å². The predicted molar refractivity (Wildman–Crippen MR) is 109 cm³/mol. The molecule has 2 aromatic rings. The van der Waals surface area contributed by atoms with E-state index in [1.54, 1.807) is 24.7 Å². The lowest BCUT2D eigenvalue weighted by atomic mass is 9.84. The smallest absolute Gasteiger partial charge is 0.268 e. The number of aryl methyl sites for hydroxylation is 1. The molecule has 2 N–H and O–H groups in total. The van der Waals surface area contributed by atoms with Crippen molar-refractivity contribution < 1.29 is 4.79 Å². The lowest BCUT2D eigenvalue weighted by molar-refractivity contribution is 0.0883. The van der Waals surface area contributed by atoms with Gasteiger partial charge in [-0.1, -0.05) is 19.3 Å². The lowest BCUT2D eigenvalue weighted by Gasteiger charge is -2.41. The molecule has 0 bridgehead atoms. The van der Waals surface area contributed by atoms with Crippen LogP contribution >= 0.6 is 0 Å². The van der Waals surface area contributed by atoms with Crippen molar-refractivity contribution in [3.8, 4) is 5.69 Å². The number of hydrogen-bond acceptors (Lipinski definition) is 4. The molecule has 0 spiro atoms. The monoisotopic (exact) mass is 380 g/mol. The fourth-order valence-corrected chi connectivity index (χ4v) is 4.29. The van der Waals surface area contributed by atoms with Gasteiger partial charge in [0.1, 0.15) is 5.56 Å². The van der Waals surface area contributed by atoms with E-state index in [0.29, 0.717) is 23.3 Å². The molecule has 0 radical (unpaired) electrons. The lowest BCUT2D eigenvalue weighted by Crippen LogP contribution is -2.59. The van der Waals surface area contributed by atoms with E-state index in [-0.39, 0.29) is 23.1 Å². The van der Waals surface area contributed by atoms with E-state index in [9.17, 15) is 9.59 Å². The van der Waals surface area contributed by atoms with Gasteiger partial charge in [-0.25, -0.2) is 0 Å². The maximum atomic E-state index is 13.0. The highest BCUT2D eigenvalue weighted by Crippen LogP contribution is 2.25. The SMILES string of the molecule is Cc1ccn(-c2cccnc2)c(=O)c1C(=O)N[C@H]1CC[C@H]1NC1CCCCC1. The quantitative estimate of drug-likeness (QED) is 0.836. The molecule has 4 rings (SSSR count). The summed E-state index contributed by atoms with van der Waals surface area (Å²) in [5.41, 5.74) is 1.26. The van der Waals surface area contributed by atoms with Crippen LogP contribution < -0.4 is 16.2 Å². The van der Waals surface area contributed by atoms with Gasteiger partial charge in [-0.3, -0.25) is 19.1 Å². The van der Waals surface area contributed by atoms with Gasteiger partial charge in [0.05, 0.1) is 11.9 Å². The molecule has 2 aliphatic carbocycles. The zero-order valence-electron chi connectivity index (χ0n) is 16.4. The summed E-state index contributed by atoms with van der Waals surface area (Å²) in [5, 5.41) is 6.82. The number of carbonyl (C=O) groups excluding carboxylic acids is 1. The Morgan fingerprint density at radius 2 is 1.89 bits per heavy atom. The van der Waals surface area contributed by atoms with Gasteiger partial charge in [-0.15, -0.1) is 0 Å². The molecule has 2 atom stereocenters. The first-order valence-corrected chi connectivity index (χ1v) is 10.3. The van der Waals surface area contributed by atoms with E-state index in [0.717, 1.165) is 12.8 Å². The normalized spacial score (nSPS) is 22.5. The van der Waals surface area contributed by atoms with Gasteiger partial charge in [-0.2, -0.15) is 0 Å². The third-order valence-corrected chi connectivity index (χ3v) is 6.10. The van der Waals surface area contributed by atoms with Crippen LogP contribution in [0.3, 0.4) is 0 Å². The Kier molecular flexibility index (Phi) is 5.57. The predicted octanol–water partition coefficient (Wildman–Crippen LogP) is 2.72. The van der Waals surface area contributed by atoms with E-state index in [4.69, 9.17) is 0 Å². The maximum absolute atomic E-state index is 13.0. The number of nitrogens with one attached hydrogen (secondary N) is 2. The van der Waals surface area contributed by atoms with Gasteiger partial charge in [0.25, 0.3) is 11.5 Å². The van der Waals surface area contributed by atoms with Gasteiger partial charge in [-0.05, 0) is 56.4 Å². The van der Waals surface area contributed by atoms with Crippen molar-refractivity contribution in [3.63, 3.8) is 0 Å². The number of rotatable bonds is 5. The standard InChI is InChI=1S/C22H28N4O2/c1-15-11-13-26(17-8-5-12-23-14-17)22(28)20(15)21(27)25-19-10-9-18(19)24-16-6-3-2-4-7-16/h5,8,11-14,16,18-19,24H,2-4,6-7,9-10H2,1H3,(H,25,27)/t18-,19+/m1/s1. The summed E-state index contributed by atoms with van der Waals surface area (Å²) in [7, 11) is 0. The minimum absolute atomic E-state index is 0.0975. The van der Waals surface area contributed by atoms with Crippen LogP contribution in [-0.2, 0) is 0 Å². The van der Waals surface area contributed by atoms with Gasteiger partial charge in [0.2, 0.25) is 0 Å². The van der Waals surface area contributed by atoms with Crippen molar-refractivity contribution in [2.75, 3.05) is 0 Å². The summed E-state index contributed by atoms with van der Waals surface area (Å²) in [6.07, 6.45) is 13.4. The molecule has 6 heteroatoms. The summed E-state index contributed by atoms with van der Waals surface area (Å²) < 4.78 is 1.48.